The van der Waals surface area contributed by atoms with Crippen molar-refractivity contribution in [3.63, 3.8) is 0 Å². The minimum Gasteiger partial charge on any atom is -0.271 e. The molecule has 5 heteroatoms. The third-order valence-corrected chi connectivity index (χ3v) is 0.593. The maximum atomic E-state index is 11.4. The highest BCUT2D eigenvalue weighted by Gasteiger charge is 2.14. The summed E-state index contributed by atoms with van der Waals surface area (Å²) in [5.41, 5.74) is 1.59. The highest BCUT2D eigenvalue weighted by molar-refractivity contribution is 5.77. The molecule has 0 aliphatic heterocycles. The lowest BCUT2D eigenvalue weighted by Crippen LogP contribution is -2.31. The fourth-order valence-electron chi connectivity index (χ4n) is 0.220. The van der Waals surface area contributed by atoms with E-state index in [1.807, 2.05) is 0 Å². The summed E-state index contributed by atoms with van der Waals surface area (Å²) in [7, 11) is 0. The first kappa shape index (κ1) is 9.29. The summed E-state index contributed by atoms with van der Waals surface area (Å²) >= 11 is 0. The van der Waals surface area contributed by atoms with Crippen LogP contribution in [0.5, 0.6) is 0 Å². The Morgan fingerprint density at radius 1 is 1.50 bits per heavy atom. The molecule has 0 saturated heterocycles. The van der Waals surface area contributed by atoms with Gasteiger partial charge < -0.3 is 0 Å². The molecule has 10 heavy (non-hydrogen) atoms. The van der Waals surface area contributed by atoms with Crippen molar-refractivity contribution in [1.29, 1.82) is 0 Å². The highest BCUT2D eigenvalue weighted by Crippen LogP contribution is 1.91. The van der Waals surface area contributed by atoms with Crippen LogP contribution in [0.4, 0.5) is 8.78 Å². The number of amides is 1. The van der Waals surface area contributed by atoms with Crippen LogP contribution in [0.25, 0.3) is 0 Å². The van der Waals surface area contributed by atoms with Crippen LogP contribution in [0.1, 0.15) is 13.8 Å². The Labute approximate surface area is 57.3 Å². The van der Waals surface area contributed by atoms with Gasteiger partial charge in [-0.15, -0.1) is 0 Å². The van der Waals surface area contributed by atoms with Gasteiger partial charge in [-0.3, -0.25) is 9.63 Å². The Morgan fingerprint density at radius 2 is 2.00 bits per heavy atom. The monoisotopic (exact) mass is 153 g/mol. The van der Waals surface area contributed by atoms with Crippen molar-refractivity contribution in [2.24, 2.45) is 0 Å². The van der Waals surface area contributed by atoms with Crippen molar-refractivity contribution >= 4 is 5.91 Å². The molecule has 0 radical (unpaired) electrons. The van der Waals surface area contributed by atoms with Gasteiger partial charge in [0.2, 0.25) is 0 Å². The van der Waals surface area contributed by atoms with Crippen LogP contribution in [0.2, 0.25) is 0 Å². The average Bonchev–Trinajstić information content (AvgIpc) is 1.82. The average molecular weight is 153 g/mol. The lowest BCUT2D eigenvalue weighted by atomic mass is 10.5. The molecule has 1 amide bonds. The minimum atomic E-state index is -3.02. The molecule has 60 valence electrons. The molecule has 0 unspecified atom stereocenters. The molecule has 0 saturated carbocycles. The summed E-state index contributed by atoms with van der Waals surface area (Å²) in [5.74, 6) is -1.41. The van der Waals surface area contributed by atoms with Crippen molar-refractivity contribution in [2.75, 3.05) is 0 Å². The summed E-state index contributed by atoms with van der Waals surface area (Å²) in [5, 5.41) is 0. The normalized spacial score (nSPS) is 10.6. The number of rotatable bonds is 3. The molecule has 0 aromatic rings. The Balaban J connectivity index is 3.40. The van der Waals surface area contributed by atoms with E-state index >= 15 is 0 Å². The van der Waals surface area contributed by atoms with E-state index in [2.05, 4.69) is 4.84 Å². The number of nitrogens with one attached hydrogen (secondary N) is 1. The summed E-state index contributed by atoms with van der Waals surface area (Å²) in [6.45, 7) is 3.23. The van der Waals surface area contributed by atoms with Crippen molar-refractivity contribution in [3.05, 3.63) is 0 Å². The van der Waals surface area contributed by atoms with Crippen LogP contribution in [-0.2, 0) is 9.63 Å². The van der Waals surface area contributed by atoms with Crippen LogP contribution in [-0.4, -0.2) is 18.4 Å². The van der Waals surface area contributed by atoms with Gasteiger partial charge in [-0.25, -0.2) is 5.48 Å². The standard InChI is InChI=1S/C5H9F2NO2/c1-3(2)10-8-5(9)4(6)7/h3-4H,1-2H3,(H,8,9). The smallest absolute Gasteiger partial charge is 0.271 e. The summed E-state index contributed by atoms with van der Waals surface area (Å²) < 4.78 is 22.8. The van der Waals surface area contributed by atoms with E-state index in [9.17, 15) is 13.6 Å². The number of alkyl halides is 2. The van der Waals surface area contributed by atoms with E-state index in [1.54, 1.807) is 19.3 Å². The second-order valence-corrected chi connectivity index (χ2v) is 1.93. The van der Waals surface area contributed by atoms with Gasteiger partial charge >= 0.3 is 12.3 Å². The van der Waals surface area contributed by atoms with Gasteiger partial charge in [-0.1, -0.05) is 0 Å². The van der Waals surface area contributed by atoms with Crippen LogP contribution in [0.3, 0.4) is 0 Å². The van der Waals surface area contributed by atoms with Gasteiger partial charge in [0.25, 0.3) is 0 Å². The van der Waals surface area contributed by atoms with Crippen molar-refractivity contribution in [2.45, 2.75) is 26.4 Å². The SMILES string of the molecule is CC(C)ONC(=O)C(F)F. The molecule has 0 aromatic carbocycles. The molecular formula is C5H9F2NO2. The van der Waals surface area contributed by atoms with E-state index in [0.29, 0.717) is 0 Å². The molecule has 0 atom stereocenters. The Bertz CT molecular complexity index is 116. The first-order chi connectivity index (χ1) is 4.54. The molecule has 1 N–H and O–H groups in total. The fourth-order valence-corrected chi connectivity index (χ4v) is 0.220. The second kappa shape index (κ2) is 4.16. The van der Waals surface area contributed by atoms with Gasteiger partial charge in [-0.05, 0) is 13.8 Å². The fraction of sp³-hybridized carbons (Fsp3) is 0.800. The largest absolute Gasteiger partial charge is 0.317 e. The van der Waals surface area contributed by atoms with E-state index in [4.69, 9.17) is 0 Å². The number of carbonyl (C=O) groups is 1. The predicted octanol–water partition coefficient (Wildman–Crippen LogP) is 0.708. The Kier molecular flexibility index (Phi) is 3.87. The van der Waals surface area contributed by atoms with Gasteiger partial charge in [-0.2, -0.15) is 8.78 Å². The maximum absolute atomic E-state index is 11.4. The topological polar surface area (TPSA) is 38.3 Å². The van der Waals surface area contributed by atoms with Gasteiger partial charge in [0.15, 0.2) is 0 Å². The third-order valence-electron chi connectivity index (χ3n) is 0.593. The first-order valence-corrected chi connectivity index (χ1v) is 2.77. The Morgan fingerprint density at radius 3 is 2.30 bits per heavy atom. The zero-order valence-electron chi connectivity index (χ0n) is 5.73. The minimum absolute atomic E-state index is 0.289. The number of carbonyl (C=O) groups excluding carboxylic acids is 1. The molecule has 0 aliphatic rings. The number of hydrogen-bond donors (Lipinski definition) is 1. The summed E-state index contributed by atoms with van der Waals surface area (Å²) in [4.78, 5) is 14.4. The van der Waals surface area contributed by atoms with E-state index in [1.165, 1.54) is 0 Å². The summed E-state index contributed by atoms with van der Waals surface area (Å²) in [6, 6.07) is 0. The number of hydroxylamine groups is 1. The van der Waals surface area contributed by atoms with E-state index in [-0.39, 0.29) is 6.10 Å². The summed E-state index contributed by atoms with van der Waals surface area (Å²) in [6.07, 6.45) is -3.30. The van der Waals surface area contributed by atoms with Crippen molar-refractivity contribution < 1.29 is 18.4 Å². The lowest BCUT2D eigenvalue weighted by molar-refractivity contribution is -0.148. The van der Waals surface area contributed by atoms with Crippen molar-refractivity contribution in [1.82, 2.24) is 5.48 Å². The highest BCUT2D eigenvalue weighted by atomic mass is 19.3. The Hall–Kier alpha value is -0.710. The zero-order valence-corrected chi connectivity index (χ0v) is 5.73. The lowest BCUT2D eigenvalue weighted by Gasteiger charge is -2.06. The van der Waals surface area contributed by atoms with Crippen molar-refractivity contribution in [3.8, 4) is 0 Å². The second-order valence-electron chi connectivity index (χ2n) is 1.93. The zero-order chi connectivity index (χ0) is 8.15. The number of halogens is 2. The van der Waals surface area contributed by atoms with Crippen LogP contribution < -0.4 is 5.48 Å². The maximum Gasteiger partial charge on any atom is 0.317 e. The molecule has 0 spiro atoms. The molecular weight excluding hydrogens is 144 g/mol. The van der Waals surface area contributed by atoms with Crippen LogP contribution in [0, 0.1) is 0 Å². The van der Waals surface area contributed by atoms with E-state index in [0.717, 1.165) is 0 Å². The van der Waals surface area contributed by atoms with Gasteiger partial charge in [0.05, 0.1) is 6.10 Å². The van der Waals surface area contributed by atoms with Crippen LogP contribution >= 0.6 is 0 Å². The van der Waals surface area contributed by atoms with Crippen LogP contribution in [0.15, 0.2) is 0 Å². The molecule has 0 bridgehead atoms. The first-order valence-electron chi connectivity index (χ1n) is 2.77. The molecule has 0 rings (SSSR count). The number of hydrogen-bond acceptors (Lipinski definition) is 2. The molecule has 3 nitrogen and oxygen atoms in total. The van der Waals surface area contributed by atoms with Gasteiger partial charge in [0, 0.05) is 0 Å². The van der Waals surface area contributed by atoms with E-state index < -0.39 is 12.3 Å². The third kappa shape index (κ3) is 4.20. The molecule has 0 fully saturated rings. The predicted molar refractivity (Wildman–Crippen MR) is 30.4 cm³/mol. The molecule has 0 aromatic heterocycles. The molecule has 0 heterocycles. The molecule has 0 aliphatic carbocycles. The van der Waals surface area contributed by atoms with Gasteiger partial charge in [0.1, 0.15) is 0 Å². The quantitative estimate of drug-likeness (QED) is 0.606.